The van der Waals surface area contributed by atoms with E-state index in [1.165, 1.54) is 32.1 Å². The van der Waals surface area contributed by atoms with Gasteiger partial charge in [0.1, 0.15) is 0 Å². The number of anilines is 1. The van der Waals surface area contributed by atoms with Gasteiger partial charge in [0.2, 0.25) is 0 Å². The molecule has 0 spiro atoms. The summed E-state index contributed by atoms with van der Waals surface area (Å²) in [4.78, 5) is 0. The standard InChI is InChI=1S/C15H22ClNO/c16-13-6-8-14(9-7-13)17-15(11-18)10-12-4-2-1-3-5-12/h6-9,12,15,17-18H,1-5,10-11H2. The predicted octanol–water partition coefficient (Wildman–Crippen LogP) is 4.08. The third-order valence-corrected chi connectivity index (χ3v) is 4.03. The van der Waals surface area contributed by atoms with Crippen molar-refractivity contribution >= 4 is 17.3 Å². The molecule has 1 fully saturated rings. The van der Waals surface area contributed by atoms with Gasteiger partial charge in [-0.1, -0.05) is 43.7 Å². The van der Waals surface area contributed by atoms with Gasteiger partial charge < -0.3 is 10.4 Å². The summed E-state index contributed by atoms with van der Waals surface area (Å²) in [5.41, 5.74) is 1.04. The van der Waals surface area contributed by atoms with Crippen molar-refractivity contribution in [1.29, 1.82) is 0 Å². The van der Waals surface area contributed by atoms with Crippen LogP contribution in [0.1, 0.15) is 38.5 Å². The van der Waals surface area contributed by atoms with E-state index in [0.717, 1.165) is 23.0 Å². The Labute approximate surface area is 114 Å². The normalized spacial score (nSPS) is 18.6. The quantitative estimate of drug-likeness (QED) is 0.842. The van der Waals surface area contributed by atoms with Crippen LogP contribution in [0.2, 0.25) is 5.02 Å². The molecule has 0 aliphatic heterocycles. The largest absolute Gasteiger partial charge is 0.394 e. The molecular weight excluding hydrogens is 246 g/mol. The van der Waals surface area contributed by atoms with Gasteiger partial charge in [-0.25, -0.2) is 0 Å². The average Bonchev–Trinajstić information content (AvgIpc) is 2.41. The molecule has 2 nitrogen and oxygen atoms in total. The van der Waals surface area contributed by atoms with Crippen molar-refractivity contribution in [2.24, 2.45) is 5.92 Å². The van der Waals surface area contributed by atoms with Gasteiger partial charge in [0.05, 0.1) is 6.61 Å². The number of benzene rings is 1. The SMILES string of the molecule is OCC(CC1CCCCC1)Nc1ccc(Cl)cc1. The fourth-order valence-corrected chi connectivity index (χ4v) is 2.91. The Balaban J connectivity index is 1.86. The minimum absolute atomic E-state index is 0.161. The highest BCUT2D eigenvalue weighted by atomic mass is 35.5. The fraction of sp³-hybridized carbons (Fsp3) is 0.600. The molecule has 18 heavy (non-hydrogen) atoms. The molecule has 2 rings (SSSR count). The van der Waals surface area contributed by atoms with Crippen LogP contribution in [0.25, 0.3) is 0 Å². The van der Waals surface area contributed by atoms with Gasteiger partial charge in [-0.05, 0) is 36.6 Å². The molecule has 3 heteroatoms. The Morgan fingerprint density at radius 1 is 1.17 bits per heavy atom. The van der Waals surface area contributed by atoms with E-state index in [2.05, 4.69) is 5.32 Å². The molecule has 1 aromatic carbocycles. The number of hydrogen-bond donors (Lipinski definition) is 2. The third-order valence-electron chi connectivity index (χ3n) is 3.78. The van der Waals surface area contributed by atoms with Crippen molar-refractivity contribution in [3.63, 3.8) is 0 Å². The van der Waals surface area contributed by atoms with Crippen LogP contribution in [-0.2, 0) is 0 Å². The van der Waals surface area contributed by atoms with Crippen LogP contribution in [0.4, 0.5) is 5.69 Å². The summed E-state index contributed by atoms with van der Waals surface area (Å²) in [6.45, 7) is 0.194. The molecule has 0 bridgehead atoms. The molecule has 1 aliphatic rings. The second-order valence-corrected chi connectivity index (χ2v) is 5.71. The number of hydrogen-bond acceptors (Lipinski definition) is 2. The minimum Gasteiger partial charge on any atom is -0.394 e. The topological polar surface area (TPSA) is 32.3 Å². The van der Waals surface area contributed by atoms with Gasteiger partial charge >= 0.3 is 0 Å². The maximum Gasteiger partial charge on any atom is 0.0632 e. The first-order chi connectivity index (χ1) is 8.78. The number of nitrogens with one attached hydrogen (secondary N) is 1. The zero-order chi connectivity index (χ0) is 12.8. The highest BCUT2D eigenvalue weighted by Crippen LogP contribution is 2.28. The maximum atomic E-state index is 9.48. The Bertz CT molecular complexity index is 346. The Kier molecular flexibility index (Phi) is 5.33. The highest BCUT2D eigenvalue weighted by Gasteiger charge is 2.18. The lowest BCUT2D eigenvalue weighted by atomic mass is 9.85. The van der Waals surface area contributed by atoms with Crippen LogP contribution in [0.5, 0.6) is 0 Å². The molecule has 0 radical (unpaired) electrons. The van der Waals surface area contributed by atoms with Crippen LogP contribution < -0.4 is 5.32 Å². The van der Waals surface area contributed by atoms with E-state index in [-0.39, 0.29) is 12.6 Å². The fourth-order valence-electron chi connectivity index (χ4n) is 2.79. The first-order valence-corrected chi connectivity index (χ1v) is 7.28. The van der Waals surface area contributed by atoms with E-state index in [1.807, 2.05) is 24.3 Å². The van der Waals surface area contributed by atoms with Crippen molar-refractivity contribution < 1.29 is 5.11 Å². The Morgan fingerprint density at radius 3 is 2.44 bits per heavy atom. The molecule has 100 valence electrons. The molecule has 0 saturated heterocycles. The summed E-state index contributed by atoms with van der Waals surface area (Å²) in [6, 6.07) is 7.84. The van der Waals surface area contributed by atoms with E-state index < -0.39 is 0 Å². The molecule has 1 atom stereocenters. The smallest absolute Gasteiger partial charge is 0.0632 e. The van der Waals surface area contributed by atoms with Gasteiger partial charge in [0, 0.05) is 16.8 Å². The van der Waals surface area contributed by atoms with Crippen LogP contribution in [0.15, 0.2) is 24.3 Å². The second kappa shape index (κ2) is 7.01. The zero-order valence-electron chi connectivity index (χ0n) is 10.7. The van der Waals surface area contributed by atoms with Crippen LogP contribution in [0.3, 0.4) is 0 Å². The van der Waals surface area contributed by atoms with Crippen LogP contribution in [-0.4, -0.2) is 17.8 Å². The van der Waals surface area contributed by atoms with Crippen molar-refractivity contribution in [3.8, 4) is 0 Å². The number of aliphatic hydroxyl groups is 1. The average molecular weight is 268 g/mol. The number of rotatable bonds is 5. The van der Waals surface area contributed by atoms with E-state index >= 15 is 0 Å². The van der Waals surface area contributed by atoms with E-state index in [0.29, 0.717) is 0 Å². The van der Waals surface area contributed by atoms with E-state index in [4.69, 9.17) is 11.6 Å². The summed E-state index contributed by atoms with van der Waals surface area (Å²) in [5.74, 6) is 0.774. The summed E-state index contributed by atoms with van der Waals surface area (Å²) in [7, 11) is 0. The highest BCUT2D eigenvalue weighted by molar-refractivity contribution is 6.30. The van der Waals surface area contributed by atoms with Crippen LogP contribution in [0, 0.1) is 5.92 Å². The van der Waals surface area contributed by atoms with Crippen molar-refractivity contribution in [2.45, 2.75) is 44.6 Å². The van der Waals surface area contributed by atoms with E-state index in [1.54, 1.807) is 0 Å². The summed E-state index contributed by atoms with van der Waals surface area (Å²) >= 11 is 5.86. The lowest BCUT2D eigenvalue weighted by Gasteiger charge is -2.26. The summed E-state index contributed by atoms with van der Waals surface area (Å²) in [5, 5.41) is 13.6. The predicted molar refractivity (Wildman–Crippen MR) is 77.1 cm³/mol. The lowest BCUT2D eigenvalue weighted by molar-refractivity contribution is 0.237. The first kappa shape index (κ1) is 13.7. The van der Waals surface area contributed by atoms with Gasteiger partial charge in [0.15, 0.2) is 0 Å². The van der Waals surface area contributed by atoms with Gasteiger partial charge in [-0.3, -0.25) is 0 Å². The molecule has 1 aromatic rings. The molecule has 0 amide bonds. The minimum atomic E-state index is 0.161. The summed E-state index contributed by atoms with van der Waals surface area (Å²) in [6.07, 6.45) is 7.79. The molecule has 1 aliphatic carbocycles. The molecular formula is C15H22ClNO. The van der Waals surface area contributed by atoms with Crippen molar-refractivity contribution in [3.05, 3.63) is 29.3 Å². The molecule has 1 unspecified atom stereocenters. The zero-order valence-corrected chi connectivity index (χ0v) is 11.5. The first-order valence-electron chi connectivity index (χ1n) is 6.91. The van der Waals surface area contributed by atoms with Crippen LogP contribution >= 0.6 is 11.6 Å². The lowest BCUT2D eigenvalue weighted by Crippen LogP contribution is -2.27. The molecule has 0 heterocycles. The summed E-state index contributed by atoms with van der Waals surface area (Å²) < 4.78 is 0. The van der Waals surface area contributed by atoms with Crippen molar-refractivity contribution in [1.82, 2.24) is 0 Å². The molecule has 2 N–H and O–H groups in total. The number of aliphatic hydroxyl groups excluding tert-OH is 1. The van der Waals surface area contributed by atoms with E-state index in [9.17, 15) is 5.11 Å². The second-order valence-electron chi connectivity index (χ2n) is 5.27. The maximum absolute atomic E-state index is 9.48. The monoisotopic (exact) mass is 267 g/mol. The Hall–Kier alpha value is -0.730. The van der Waals surface area contributed by atoms with Gasteiger partial charge in [-0.15, -0.1) is 0 Å². The van der Waals surface area contributed by atoms with Gasteiger partial charge in [0.25, 0.3) is 0 Å². The number of halogens is 1. The van der Waals surface area contributed by atoms with Crippen molar-refractivity contribution in [2.75, 3.05) is 11.9 Å². The Morgan fingerprint density at radius 2 is 1.83 bits per heavy atom. The van der Waals surface area contributed by atoms with Gasteiger partial charge in [-0.2, -0.15) is 0 Å². The third kappa shape index (κ3) is 4.18. The molecule has 0 aromatic heterocycles. The molecule has 1 saturated carbocycles.